The van der Waals surface area contributed by atoms with Crippen molar-refractivity contribution in [3.8, 4) is 5.88 Å². The molecule has 0 bridgehead atoms. The Kier molecular flexibility index (Phi) is 12.6. The van der Waals surface area contributed by atoms with Gasteiger partial charge in [0.2, 0.25) is 29.4 Å². The predicted octanol–water partition coefficient (Wildman–Crippen LogP) is 4.95. The normalized spacial score (nSPS) is 20.6. The summed E-state index contributed by atoms with van der Waals surface area (Å²) < 4.78 is 12.1. The van der Waals surface area contributed by atoms with Crippen LogP contribution in [0.2, 0.25) is 5.02 Å². The molecule has 0 spiro atoms. The molecule has 55 heavy (non-hydrogen) atoms. The van der Waals surface area contributed by atoms with E-state index in [9.17, 15) is 24.0 Å². The number of nitrogens with zero attached hydrogens (tertiary/aromatic N) is 3. The Bertz CT molecular complexity index is 1820. The Labute approximate surface area is 326 Å². The van der Waals surface area contributed by atoms with E-state index in [2.05, 4.69) is 31.2 Å². The number of anilines is 1. The lowest BCUT2D eigenvalue weighted by Crippen LogP contribution is -2.61. The van der Waals surface area contributed by atoms with Gasteiger partial charge in [0.15, 0.2) is 5.58 Å². The molecule has 2 aliphatic carbocycles. The van der Waals surface area contributed by atoms with E-state index in [1.54, 1.807) is 12.1 Å². The van der Waals surface area contributed by atoms with Crippen molar-refractivity contribution in [3.63, 3.8) is 0 Å². The molecule has 2 aromatic heterocycles. The number of rotatable bonds is 15. The Morgan fingerprint density at radius 1 is 1.00 bits per heavy atom. The Hall–Kier alpha value is -4.72. The van der Waals surface area contributed by atoms with Crippen LogP contribution in [0.3, 0.4) is 0 Å². The highest BCUT2D eigenvalue weighted by Crippen LogP contribution is 2.32. The summed E-state index contributed by atoms with van der Waals surface area (Å²) in [6.07, 6.45) is 7.95. The van der Waals surface area contributed by atoms with Crippen LogP contribution >= 0.6 is 11.6 Å². The number of para-hydroxylation sites is 2. The van der Waals surface area contributed by atoms with E-state index in [0.717, 1.165) is 44.9 Å². The zero-order valence-electron chi connectivity index (χ0n) is 31.9. The van der Waals surface area contributed by atoms with Gasteiger partial charge in [0.05, 0.1) is 17.6 Å². The monoisotopic (exact) mass is 777 g/mol. The highest BCUT2D eigenvalue weighted by molar-refractivity contribution is 6.38. The van der Waals surface area contributed by atoms with Crippen molar-refractivity contribution in [1.29, 1.82) is 0 Å². The molecule has 1 saturated heterocycles. The lowest BCUT2D eigenvalue weighted by Gasteiger charge is -2.37. The van der Waals surface area contributed by atoms with Gasteiger partial charge in [-0.3, -0.25) is 24.0 Å². The molecule has 3 aliphatic rings. The third kappa shape index (κ3) is 10.1. The summed E-state index contributed by atoms with van der Waals surface area (Å²) in [6, 6.07) is 6.84. The highest BCUT2D eigenvalue weighted by atomic mass is 35.5. The molecule has 14 nitrogen and oxygen atoms in total. The second-order valence-electron chi connectivity index (χ2n) is 16.1. The number of Topliss-reactive ketones (excluding diaryl/α,β-unsaturated/α-hetero) is 1. The van der Waals surface area contributed by atoms with E-state index < -0.39 is 59.2 Å². The number of carbonyl (C=O) groups is 5. The number of hydrogen-bond acceptors (Lipinski definition) is 10. The fourth-order valence-electron chi connectivity index (χ4n) is 7.42. The van der Waals surface area contributed by atoms with Gasteiger partial charge in [0.1, 0.15) is 29.7 Å². The van der Waals surface area contributed by atoms with Crippen molar-refractivity contribution in [2.75, 3.05) is 11.9 Å². The van der Waals surface area contributed by atoms with E-state index in [1.165, 1.54) is 11.1 Å². The first-order valence-corrected chi connectivity index (χ1v) is 19.8. The number of nitrogens with one attached hydrogen (secondary N) is 4. The third-order valence-electron chi connectivity index (χ3n) is 10.6. The van der Waals surface area contributed by atoms with Crippen LogP contribution in [0.15, 0.2) is 47.0 Å². The first-order chi connectivity index (χ1) is 26.3. The van der Waals surface area contributed by atoms with Crippen molar-refractivity contribution in [2.45, 2.75) is 128 Å². The van der Waals surface area contributed by atoms with E-state index in [1.807, 2.05) is 52.0 Å². The van der Waals surface area contributed by atoms with Crippen LogP contribution in [0.4, 0.5) is 6.01 Å². The summed E-state index contributed by atoms with van der Waals surface area (Å²) in [6.45, 7) is 7.42. The number of halogens is 1. The number of carbonyl (C=O) groups excluding carboxylic acids is 5. The number of benzene rings is 1. The summed E-state index contributed by atoms with van der Waals surface area (Å²) in [5, 5.41) is 12.2. The zero-order chi connectivity index (χ0) is 39.3. The van der Waals surface area contributed by atoms with Gasteiger partial charge in [-0.15, -0.1) is 0 Å². The lowest BCUT2D eigenvalue weighted by atomic mass is 9.82. The molecule has 0 radical (unpaired) electrons. The molecule has 1 aliphatic heterocycles. The molecule has 2 saturated carbocycles. The van der Waals surface area contributed by atoms with Crippen molar-refractivity contribution < 1.29 is 33.1 Å². The van der Waals surface area contributed by atoms with Crippen LogP contribution in [0.5, 0.6) is 5.88 Å². The maximum atomic E-state index is 14.8. The molecule has 6 rings (SSSR count). The molecule has 15 heteroatoms. The minimum atomic E-state index is -1.07. The van der Waals surface area contributed by atoms with Gasteiger partial charge in [-0.05, 0) is 61.6 Å². The lowest BCUT2D eigenvalue weighted by molar-refractivity contribution is -0.145. The number of oxazole rings is 1. The van der Waals surface area contributed by atoms with Gasteiger partial charge in [0.25, 0.3) is 11.9 Å². The van der Waals surface area contributed by atoms with Gasteiger partial charge >= 0.3 is 0 Å². The predicted molar refractivity (Wildman–Crippen MR) is 206 cm³/mol. The highest BCUT2D eigenvalue weighted by Gasteiger charge is 2.47. The van der Waals surface area contributed by atoms with Crippen molar-refractivity contribution >= 4 is 58.1 Å². The number of fused-ring (bicyclic) bond motifs is 1. The fourth-order valence-corrected chi connectivity index (χ4v) is 7.54. The number of hydrogen-bond donors (Lipinski definition) is 4. The van der Waals surface area contributed by atoms with Gasteiger partial charge in [-0.25, -0.2) is 4.98 Å². The largest absolute Gasteiger partial charge is 0.472 e. The second kappa shape index (κ2) is 17.4. The molecule has 1 aromatic carbocycles. The summed E-state index contributed by atoms with van der Waals surface area (Å²) >= 11 is 6.04. The van der Waals surface area contributed by atoms with Crippen LogP contribution in [0.25, 0.3) is 11.1 Å². The topological polar surface area (TPSA) is 185 Å². The molecule has 3 heterocycles. The molecule has 0 unspecified atom stereocenters. The standard InChI is InChI=1S/C40H52ClN7O7/c1-5-11-28(33(49)37(52)43-25-17-18-25)44-35(50)29-20-26(54-31-19-16-24(41)21-42-31)22-48(29)38(53)34(40(2,3)4)47-36(51)32(23-12-7-6-8-13-23)46-39-45-27-14-9-10-15-30(27)55-39/h9-10,14-16,19,21,23,25-26,28-29,32,34H,5-8,11-13,17-18,20,22H2,1-4H3,(H,43,52)(H,44,50)(H,45,46)(H,47,51)/t26-,28+,29+,32+,34-/m1/s1. The smallest absolute Gasteiger partial charge is 0.296 e. The maximum absolute atomic E-state index is 14.8. The Morgan fingerprint density at radius 2 is 1.75 bits per heavy atom. The maximum Gasteiger partial charge on any atom is 0.296 e. The van der Waals surface area contributed by atoms with E-state index >= 15 is 0 Å². The van der Waals surface area contributed by atoms with E-state index in [4.69, 9.17) is 20.8 Å². The van der Waals surface area contributed by atoms with E-state index in [0.29, 0.717) is 22.5 Å². The van der Waals surface area contributed by atoms with Gasteiger partial charge < -0.3 is 35.3 Å². The first-order valence-electron chi connectivity index (χ1n) is 19.5. The molecule has 5 atom stereocenters. The van der Waals surface area contributed by atoms with Gasteiger partial charge in [-0.1, -0.05) is 77.1 Å². The molecular weight excluding hydrogens is 726 g/mol. The summed E-state index contributed by atoms with van der Waals surface area (Å²) in [7, 11) is 0. The number of pyridine rings is 1. The molecule has 4 N–H and O–H groups in total. The van der Waals surface area contributed by atoms with Crippen molar-refractivity contribution in [2.24, 2.45) is 11.3 Å². The van der Waals surface area contributed by atoms with Crippen LogP contribution in [-0.2, 0) is 24.0 Å². The number of ketones is 1. The average Bonchev–Trinajstić information content (AvgIpc) is 3.72. The SMILES string of the molecule is CCC[C@H](NC(=O)[C@@H]1C[C@@H](Oc2ccc(Cl)cn2)CN1C(=O)[C@@H](NC(=O)[C@@H](Nc1nc2ccccc2o1)C1CCCCC1)C(C)(C)C)C(=O)C(=O)NC1CC1. The van der Waals surface area contributed by atoms with Crippen LogP contribution < -0.4 is 26.0 Å². The minimum absolute atomic E-state index is 0.00540. The fraction of sp³-hybridized carbons (Fsp3) is 0.575. The number of amides is 4. The van der Waals surface area contributed by atoms with Crippen molar-refractivity contribution in [3.05, 3.63) is 47.6 Å². The average molecular weight is 778 g/mol. The molecule has 3 fully saturated rings. The van der Waals surface area contributed by atoms with Gasteiger partial charge in [0, 0.05) is 24.7 Å². The molecule has 3 aromatic rings. The Balaban J connectivity index is 1.25. The number of aromatic nitrogens is 2. The van der Waals surface area contributed by atoms with Crippen LogP contribution in [-0.4, -0.2) is 87.1 Å². The first kappa shape index (κ1) is 40.0. The van der Waals surface area contributed by atoms with E-state index in [-0.39, 0.29) is 49.1 Å². The van der Waals surface area contributed by atoms with Gasteiger partial charge in [-0.2, -0.15) is 4.98 Å². The minimum Gasteiger partial charge on any atom is -0.472 e. The zero-order valence-corrected chi connectivity index (χ0v) is 32.7. The number of ether oxygens (including phenoxy) is 1. The quantitative estimate of drug-likeness (QED) is 0.154. The molecule has 296 valence electrons. The summed E-state index contributed by atoms with van der Waals surface area (Å²) in [5.41, 5.74) is 0.456. The Morgan fingerprint density at radius 3 is 2.40 bits per heavy atom. The van der Waals surface area contributed by atoms with Crippen LogP contribution in [0.1, 0.15) is 91.9 Å². The summed E-state index contributed by atoms with van der Waals surface area (Å²) in [4.78, 5) is 79.5. The van der Waals surface area contributed by atoms with Crippen molar-refractivity contribution in [1.82, 2.24) is 30.8 Å². The molecule has 4 amide bonds. The van der Waals surface area contributed by atoms with Crippen LogP contribution in [0, 0.1) is 11.3 Å². The number of likely N-dealkylation sites (tertiary alicyclic amines) is 1. The molecular formula is C40H52ClN7O7. The third-order valence-corrected chi connectivity index (χ3v) is 10.8. The summed E-state index contributed by atoms with van der Waals surface area (Å²) in [5.74, 6) is -2.67. The second-order valence-corrected chi connectivity index (χ2v) is 16.5.